The van der Waals surface area contributed by atoms with E-state index in [1.54, 1.807) is 12.3 Å². The van der Waals surface area contributed by atoms with E-state index < -0.39 is 6.67 Å². The number of para-hydroxylation sites is 1. The topological polar surface area (TPSA) is 79.1 Å². The van der Waals surface area contributed by atoms with E-state index in [-0.39, 0.29) is 0 Å². The van der Waals surface area contributed by atoms with Crippen LogP contribution >= 0.6 is 0 Å². The number of nitrogen functional groups attached to an aromatic ring is 1. The van der Waals surface area contributed by atoms with E-state index in [4.69, 9.17) is 5.73 Å². The molecule has 1 aliphatic carbocycles. The SMILES string of the molecule is CCCNc1ncc(N)c(N(CNc2ccccc2CF)C2CCCC2)n1. The lowest BCUT2D eigenvalue weighted by atomic mass is 10.2. The van der Waals surface area contributed by atoms with Gasteiger partial charge in [0.1, 0.15) is 6.67 Å². The number of halogens is 1. The Morgan fingerprint density at radius 2 is 2.00 bits per heavy atom. The zero-order valence-corrected chi connectivity index (χ0v) is 15.9. The summed E-state index contributed by atoms with van der Waals surface area (Å²) in [6.45, 7) is 2.95. The molecule has 1 aliphatic rings. The molecule has 6 nitrogen and oxygen atoms in total. The van der Waals surface area contributed by atoms with Crippen LogP contribution in [0.3, 0.4) is 0 Å². The number of nitrogens with two attached hydrogens (primary N) is 1. The number of rotatable bonds is 9. The first-order chi connectivity index (χ1) is 13.2. The lowest BCUT2D eigenvalue weighted by molar-refractivity contribution is 0.486. The fourth-order valence-corrected chi connectivity index (χ4v) is 3.51. The van der Waals surface area contributed by atoms with Crippen molar-refractivity contribution in [2.24, 2.45) is 0 Å². The summed E-state index contributed by atoms with van der Waals surface area (Å²) in [7, 11) is 0. The molecule has 7 heteroatoms. The second-order valence-corrected chi connectivity index (χ2v) is 6.93. The molecule has 3 rings (SSSR count). The number of nitrogens with one attached hydrogen (secondary N) is 2. The minimum absolute atomic E-state index is 0.367. The van der Waals surface area contributed by atoms with Crippen LogP contribution < -0.4 is 21.3 Å². The van der Waals surface area contributed by atoms with Crippen molar-refractivity contribution in [1.29, 1.82) is 0 Å². The van der Waals surface area contributed by atoms with E-state index in [9.17, 15) is 4.39 Å². The van der Waals surface area contributed by atoms with Crippen LogP contribution in [0, 0.1) is 0 Å². The van der Waals surface area contributed by atoms with Gasteiger partial charge in [0.05, 0.1) is 18.6 Å². The molecule has 1 fully saturated rings. The zero-order chi connectivity index (χ0) is 19.1. The molecule has 0 aliphatic heterocycles. The van der Waals surface area contributed by atoms with Gasteiger partial charge >= 0.3 is 0 Å². The monoisotopic (exact) mass is 372 g/mol. The zero-order valence-electron chi connectivity index (χ0n) is 15.9. The van der Waals surface area contributed by atoms with Gasteiger partial charge in [0.2, 0.25) is 5.95 Å². The van der Waals surface area contributed by atoms with Crippen molar-refractivity contribution in [3.8, 4) is 0 Å². The standard InChI is InChI=1S/C20H29FN6/c1-2-11-23-20-24-13-17(22)19(26-20)27(16-8-4-5-9-16)14-25-18-10-6-3-7-15(18)12-21/h3,6-7,10,13,16,25H,2,4-5,8-9,11-12,14,22H2,1H3,(H,23,24,26). The molecule has 0 spiro atoms. The Morgan fingerprint density at radius 1 is 1.22 bits per heavy atom. The molecule has 0 bridgehead atoms. The normalized spacial score (nSPS) is 14.3. The molecule has 0 saturated heterocycles. The van der Waals surface area contributed by atoms with Crippen molar-refractivity contribution in [1.82, 2.24) is 9.97 Å². The van der Waals surface area contributed by atoms with Gasteiger partial charge < -0.3 is 21.3 Å². The Morgan fingerprint density at radius 3 is 2.74 bits per heavy atom. The second kappa shape index (κ2) is 9.39. The average Bonchev–Trinajstić information content (AvgIpc) is 3.23. The summed E-state index contributed by atoms with van der Waals surface area (Å²) in [5.41, 5.74) is 8.25. The number of benzene rings is 1. The number of anilines is 4. The highest BCUT2D eigenvalue weighted by molar-refractivity contribution is 5.65. The van der Waals surface area contributed by atoms with Crippen LogP contribution in [0.4, 0.5) is 27.5 Å². The number of hydrogen-bond donors (Lipinski definition) is 3. The summed E-state index contributed by atoms with van der Waals surface area (Å²) in [5.74, 6) is 1.33. The maximum absolute atomic E-state index is 13.3. The molecule has 1 aromatic heterocycles. The minimum atomic E-state index is -0.493. The third-order valence-corrected chi connectivity index (χ3v) is 4.97. The van der Waals surface area contributed by atoms with Crippen molar-refractivity contribution in [3.05, 3.63) is 36.0 Å². The van der Waals surface area contributed by atoms with Crippen molar-refractivity contribution in [3.63, 3.8) is 0 Å². The van der Waals surface area contributed by atoms with Crippen LogP contribution in [0.1, 0.15) is 44.6 Å². The van der Waals surface area contributed by atoms with Gasteiger partial charge in [-0.1, -0.05) is 38.0 Å². The van der Waals surface area contributed by atoms with Crippen molar-refractivity contribution >= 4 is 23.1 Å². The Hall–Kier alpha value is -2.57. The predicted molar refractivity (Wildman–Crippen MR) is 110 cm³/mol. The van der Waals surface area contributed by atoms with E-state index >= 15 is 0 Å². The van der Waals surface area contributed by atoms with Crippen LogP contribution in [-0.2, 0) is 6.67 Å². The Labute approximate surface area is 160 Å². The Balaban J connectivity index is 1.83. The van der Waals surface area contributed by atoms with Gasteiger partial charge in [-0.2, -0.15) is 4.98 Å². The summed E-state index contributed by atoms with van der Waals surface area (Å²) < 4.78 is 13.3. The van der Waals surface area contributed by atoms with E-state index in [0.29, 0.717) is 29.9 Å². The fourth-order valence-electron chi connectivity index (χ4n) is 3.51. The Bertz CT molecular complexity index is 732. The number of hydrogen-bond acceptors (Lipinski definition) is 6. The number of nitrogens with zero attached hydrogens (tertiary/aromatic N) is 3. The summed E-state index contributed by atoms with van der Waals surface area (Å²) in [6, 6.07) is 7.83. The highest BCUT2D eigenvalue weighted by atomic mass is 19.1. The summed E-state index contributed by atoms with van der Waals surface area (Å²) in [5, 5.41) is 6.60. The van der Waals surface area contributed by atoms with E-state index in [1.165, 1.54) is 12.8 Å². The molecular weight excluding hydrogens is 343 g/mol. The molecule has 1 heterocycles. The average molecular weight is 372 g/mol. The van der Waals surface area contributed by atoms with Crippen LogP contribution in [0.5, 0.6) is 0 Å². The Kier molecular flexibility index (Phi) is 6.68. The summed E-state index contributed by atoms with van der Waals surface area (Å²) in [4.78, 5) is 11.2. The van der Waals surface area contributed by atoms with Gasteiger partial charge in [-0.15, -0.1) is 0 Å². The second-order valence-electron chi connectivity index (χ2n) is 6.93. The van der Waals surface area contributed by atoms with Crippen molar-refractivity contribution in [2.45, 2.75) is 51.7 Å². The third kappa shape index (κ3) is 4.78. The molecule has 1 aromatic carbocycles. The van der Waals surface area contributed by atoms with Crippen LogP contribution in [-0.4, -0.2) is 29.2 Å². The molecule has 4 N–H and O–H groups in total. The smallest absolute Gasteiger partial charge is 0.224 e. The van der Waals surface area contributed by atoms with Gasteiger partial charge in [-0.05, 0) is 25.3 Å². The molecule has 0 unspecified atom stereocenters. The molecule has 2 aromatic rings. The minimum Gasteiger partial charge on any atom is -0.394 e. The quantitative estimate of drug-likeness (QED) is 0.574. The lowest BCUT2D eigenvalue weighted by Gasteiger charge is -2.31. The first kappa shape index (κ1) is 19.2. The highest BCUT2D eigenvalue weighted by Gasteiger charge is 2.25. The first-order valence-corrected chi connectivity index (χ1v) is 9.73. The third-order valence-electron chi connectivity index (χ3n) is 4.97. The van der Waals surface area contributed by atoms with Crippen LogP contribution in [0.2, 0.25) is 0 Å². The largest absolute Gasteiger partial charge is 0.394 e. The van der Waals surface area contributed by atoms with Gasteiger partial charge in [0.15, 0.2) is 5.82 Å². The highest BCUT2D eigenvalue weighted by Crippen LogP contribution is 2.31. The molecule has 0 atom stereocenters. The van der Waals surface area contributed by atoms with Gasteiger partial charge in [0, 0.05) is 23.8 Å². The molecule has 1 saturated carbocycles. The molecule has 27 heavy (non-hydrogen) atoms. The van der Waals surface area contributed by atoms with Crippen molar-refractivity contribution in [2.75, 3.05) is 34.5 Å². The molecule has 0 radical (unpaired) electrons. The van der Waals surface area contributed by atoms with E-state index in [0.717, 1.165) is 37.3 Å². The van der Waals surface area contributed by atoms with E-state index in [1.807, 2.05) is 18.2 Å². The fraction of sp³-hybridized carbons (Fsp3) is 0.500. The number of alkyl halides is 1. The van der Waals surface area contributed by atoms with E-state index in [2.05, 4.69) is 32.4 Å². The molecule has 146 valence electrons. The lowest BCUT2D eigenvalue weighted by Crippen LogP contribution is -2.39. The van der Waals surface area contributed by atoms with Gasteiger partial charge in [-0.25, -0.2) is 9.37 Å². The molecule has 0 amide bonds. The maximum atomic E-state index is 13.3. The van der Waals surface area contributed by atoms with Gasteiger partial charge in [0.25, 0.3) is 0 Å². The summed E-state index contributed by atoms with van der Waals surface area (Å²) >= 11 is 0. The van der Waals surface area contributed by atoms with Gasteiger partial charge in [-0.3, -0.25) is 0 Å². The number of aromatic nitrogens is 2. The van der Waals surface area contributed by atoms with Crippen LogP contribution in [0.25, 0.3) is 0 Å². The summed E-state index contributed by atoms with van der Waals surface area (Å²) in [6.07, 6.45) is 7.28. The first-order valence-electron chi connectivity index (χ1n) is 9.73. The van der Waals surface area contributed by atoms with Crippen LogP contribution in [0.15, 0.2) is 30.5 Å². The maximum Gasteiger partial charge on any atom is 0.224 e. The van der Waals surface area contributed by atoms with Crippen molar-refractivity contribution < 1.29 is 4.39 Å². The molecular formula is C20H29FN6. The predicted octanol–water partition coefficient (Wildman–Crippen LogP) is 4.17.